The Balaban J connectivity index is 1.56. The van der Waals surface area contributed by atoms with Gasteiger partial charge in [0, 0.05) is 24.9 Å². The van der Waals surface area contributed by atoms with Crippen LogP contribution in [0, 0.1) is 0 Å². The van der Waals surface area contributed by atoms with Crippen LogP contribution in [0.4, 0.5) is 0 Å². The van der Waals surface area contributed by atoms with Crippen molar-refractivity contribution in [3.05, 3.63) is 17.5 Å². The van der Waals surface area contributed by atoms with Crippen LogP contribution in [0.15, 0.2) is 0 Å². The van der Waals surface area contributed by atoms with Crippen molar-refractivity contribution in [3.8, 4) is 0 Å². The van der Waals surface area contributed by atoms with Gasteiger partial charge in [-0.2, -0.15) is 5.10 Å². The van der Waals surface area contributed by atoms with Crippen molar-refractivity contribution < 1.29 is 0 Å². The summed E-state index contributed by atoms with van der Waals surface area (Å²) in [6, 6.07) is 0.389. The third-order valence-corrected chi connectivity index (χ3v) is 4.27. The van der Waals surface area contributed by atoms with Crippen LogP contribution in [0.5, 0.6) is 0 Å². The Morgan fingerprint density at radius 3 is 3.00 bits per heavy atom. The third kappa shape index (κ3) is 3.74. The van der Waals surface area contributed by atoms with Crippen molar-refractivity contribution >= 4 is 0 Å². The first-order valence-corrected chi connectivity index (χ1v) is 8.59. The van der Waals surface area contributed by atoms with Crippen molar-refractivity contribution in [1.29, 1.82) is 0 Å². The number of nitrogens with zero attached hydrogens (tertiary/aromatic N) is 7. The van der Waals surface area contributed by atoms with E-state index in [-0.39, 0.29) is 0 Å². The molecule has 23 heavy (non-hydrogen) atoms. The monoisotopic (exact) mass is 318 g/mol. The summed E-state index contributed by atoms with van der Waals surface area (Å²) < 4.78 is 3.95. The van der Waals surface area contributed by atoms with Crippen molar-refractivity contribution in [2.24, 2.45) is 0 Å². The van der Waals surface area contributed by atoms with Crippen molar-refractivity contribution in [1.82, 2.24) is 40.3 Å². The van der Waals surface area contributed by atoms with Crippen LogP contribution in [0.1, 0.15) is 63.4 Å². The van der Waals surface area contributed by atoms with E-state index in [1.807, 2.05) is 4.68 Å². The van der Waals surface area contributed by atoms with E-state index >= 15 is 0 Å². The first kappa shape index (κ1) is 16.0. The summed E-state index contributed by atoms with van der Waals surface area (Å²) in [5.74, 6) is 3.34. The molecule has 8 heteroatoms. The maximum absolute atomic E-state index is 4.63. The number of aromatic nitrogens is 7. The molecule has 2 aromatic rings. The van der Waals surface area contributed by atoms with Gasteiger partial charge >= 0.3 is 0 Å². The van der Waals surface area contributed by atoms with Crippen LogP contribution < -0.4 is 5.32 Å². The molecule has 126 valence electrons. The maximum atomic E-state index is 4.63. The smallest absolute Gasteiger partial charge is 0.165 e. The van der Waals surface area contributed by atoms with E-state index in [1.54, 1.807) is 0 Å². The summed E-state index contributed by atoms with van der Waals surface area (Å²) >= 11 is 0. The minimum absolute atomic E-state index is 0.378. The number of rotatable bonds is 7. The van der Waals surface area contributed by atoms with Gasteiger partial charge in [-0.25, -0.2) is 14.3 Å². The lowest BCUT2D eigenvalue weighted by Gasteiger charge is -2.23. The Labute approximate surface area is 136 Å². The highest BCUT2D eigenvalue weighted by molar-refractivity contribution is 5.01. The largest absolute Gasteiger partial charge is 0.305 e. The molecule has 1 atom stereocenters. The number of hydrogen-bond acceptors (Lipinski definition) is 6. The Kier molecular flexibility index (Phi) is 5.00. The quantitative estimate of drug-likeness (QED) is 0.828. The molecular formula is C15H26N8. The standard InChI is InChI=1S/C15H26N8/c1-4-5-8-22-14(18-20-21-22)9-16-12-6-7-13-17-15(11(2)3)19-23(13)10-12/h11-12,16H,4-10H2,1-3H3. The average molecular weight is 318 g/mol. The molecule has 1 aliphatic heterocycles. The fraction of sp³-hybridized carbons (Fsp3) is 0.800. The number of fused-ring (bicyclic) bond motifs is 1. The van der Waals surface area contributed by atoms with Gasteiger partial charge in [-0.05, 0) is 23.3 Å². The Hall–Kier alpha value is -1.83. The van der Waals surface area contributed by atoms with Gasteiger partial charge in [-0.15, -0.1) is 5.10 Å². The summed E-state index contributed by atoms with van der Waals surface area (Å²) in [4.78, 5) is 4.63. The molecule has 0 aromatic carbocycles. The fourth-order valence-corrected chi connectivity index (χ4v) is 2.81. The van der Waals surface area contributed by atoms with Crippen LogP contribution in [0.2, 0.25) is 0 Å². The summed E-state index contributed by atoms with van der Waals surface area (Å²) in [5, 5.41) is 20.2. The first-order valence-electron chi connectivity index (χ1n) is 8.59. The van der Waals surface area contributed by atoms with Crippen LogP contribution in [0.25, 0.3) is 0 Å². The lowest BCUT2D eigenvalue weighted by Crippen LogP contribution is -2.38. The molecule has 0 bridgehead atoms. The first-order chi connectivity index (χ1) is 11.2. The maximum Gasteiger partial charge on any atom is 0.165 e. The third-order valence-electron chi connectivity index (χ3n) is 4.27. The van der Waals surface area contributed by atoms with E-state index in [4.69, 9.17) is 0 Å². The molecule has 1 N–H and O–H groups in total. The summed E-state index contributed by atoms with van der Waals surface area (Å²) in [6.45, 7) is 8.88. The summed E-state index contributed by atoms with van der Waals surface area (Å²) in [5.41, 5.74) is 0. The zero-order valence-electron chi connectivity index (χ0n) is 14.2. The van der Waals surface area contributed by atoms with E-state index in [0.29, 0.717) is 18.5 Å². The van der Waals surface area contributed by atoms with Crippen LogP contribution >= 0.6 is 0 Å². The molecule has 1 aliphatic rings. The van der Waals surface area contributed by atoms with Crippen molar-refractivity contribution in [2.45, 2.75) is 78.0 Å². The highest BCUT2D eigenvalue weighted by atomic mass is 15.5. The fourth-order valence-electron chi connectivity index (χ4n) is 2.81. The predicted molar refractivity (Wildman–Crippen MR) is 85.8 cm³/mol. The molecule has 2 aromatic heterocycles. The van der Waals surface area contributed by atoms with Gasteiger partial charge in [-0.3, -0.25) is 0 Å². The normalized spacial score (nSPS) is 17.7. The number of hydrogen-bond donors (Lipinski definition) is 1. The van der Waals surface area contributed by atoms with Gasteiger partial charge < -0.3 is 5.32 Å². The van der Waals surface area contributed by atoms with E-state index in [1.165, 1.54) is 0 Å². The average Bonchev–Trinajstić information content (AvgIpc) is 3.16. The second-order valence-electron chi connectivity index (χ2n) is 6.51. The van der Waals surface area contributed by atoms with Crippen molar-refractivity contribution in [3.63, 3.8) is 0 Å². The second kappa shape index (κ2) is 7.16. The number of tetrazole rings is 1. The molecule has 3 rings (SSSR count). The molecule has 0 spiro atoms. The number of unbranched alkanes of at least 4 members (excludes halogenated alkanes) is 1. The SMILES string of the molecule is CCCCn1nnnc1CNC1CCc2nc(C(C)C)nn2C1. The molecular weight excluding hydrogens is 292 g/mol. The highest BCUT2D eigenvalue weighted by Gasteiger charge is 2.22. The molecule has 0 fully saturated rings. The molecule has 0 aliphatic carbocycles. The Morgan fingerprint density at radius 1 is 1.35 bits per heavy atom. The molecule has 0 radical (unpaired) electrons. The van der Waals surface area contributed by atoms with Crippen LogP contribution in [-0.2, 0) is 26.1 Å². The van der Waals surface area contributed by atoms with Gasteiger partial charge in [0.15, 0.2) is 11.6 Å². The lowest BCUT2D eigenvalue weighted by atomic mass is 10.1. The lowest BCUT2D eigenvalue weighted by molar-refractivity contribution is 0.350. The second-order valence-corrected chi connectivity index (χ2v) is 6.51. The zero-order valence-corrected chi connectivity index (χ0v) is 14.2. The minimum Gasteiger partial charge on any atom is -0.305 e. The number of aryl methyl sites for hydroxylation is 2. The Morgan fingerprint density at radius 2 is 2.22 bits per heavy atom. The molecule has 0 saturated heterocycles. The van der Waals surface area contributed by atoms with E-state index in [0.717, 1.165) is 56.2 Å². The summed E-state index contributed by atoms with van der Waals surface area (Å²) in [6.07, 6.45) is 4.29. The Bertz CT molecular complexity index is 629. The van der Waals surface area contributed by atoms with Gasteiger partial charge in [0.2, 0.25) is 0 Å². The van der Waals surface area contributed by atoms with Gasteiger partial charge in [0.25, 0.3) is 0 Å². The number of nitrogens with one attached hydrogen (secondary N) is 1. The topological polar surface area (TPSA) is 86.3 Å². The van der Waals surface area contributed by atoms with Crippen LogP contribution in [-0.4, -0.2) is 41.0 Å². The minimum atomic E-state index is 0.378. The van der Waals surface area contributed by atoms with Gasteiger partial charge in [0.05, 0.1) is 13.1 Å². The highest BCUT2D eigenvalue weighted by Crippen LogP contribution is 2.17. The van der Waals surface area contributed by atoms with Gasteiger partial charge in [-0.1, -0.05) is 27.2 Å². The van der Waals surface area contributed by atoms with E-state index < -0.39 is 0 Å². The van der Waals surface area contributed by atoms with Crippen molar-refractivity contribution in [2.75, 3.05) is 0 Å². The molecule has 0 saturated carbocycles. The molecule has 3 heterocycles. The molecule has 8 nitrogen and oxygen atoms in total. The van der Waals surface area contributed by atoms with E-state index in [2.05, 4.69) is 56.4 Å². The predicted octanol–water partition coefficient (Wildman–Crippen LogP) is 1.29. The van der Waals surface area contributed by atoms with Crippen LogP contribution in [0.3, 0.4) is 0 Å². The van der Waals surface area contributed by atoms with Gasteiger partial charge in [0.1, 0.15) is 5.82 Å². The van der Waals surface area contributed by atoms with E-state index in [9.17, 15) is 0 Å². The molecule has 0 amide bonds. The zero-order chi connectivity index (χ0) is 16.2. The molecule has 1 unspecified atom stereocenters. The summed E-state index contributed by atoms with van der Waals surface area (Å²) in [7, 11) is 0.